The first-order valence-electron chi connectivity index (χ1n) is 10.0. The summed E-state index contributed by atoms with van der Waals surface area (Å²) in [5.74, 6) is 0. The molecule has 0 amide bonds. The normalized spacial score (nSPS) is 11.1. The molecule has 0 bridgehead atoms. The van der Waals surface area contributed by atoms with Crippen LogP contribution in [-0.2, 0) is 0 Å². The molecule has 5 aromatic rings. The molecule has 1 heteroatoms. The highest BCUT2D eigenvalue weighted by molar-refractivity contribution is 6.10. The third-order valence-corrected chi connectivity index (χ3v) is 5.60. The van der Waals surface area contributed by atoms with E-state index in [1.807, 2.05) is 0 Å². The van der Waals surface area contributed by atoms with Gasteiger partial charge < -0.3 is 4.57 Å². The van der Waals surface area contributed by atoms with Crippen LogP contribution in [0.2, 0.25) is 0 Å². The van der Waals surface area contributed by atoms with E-state index in [1.165, 1.54) is 49.6 Å². The van der Waals surface area contributed by atoms with Crippen molar-refractivity contribution in [3.8, 4) is 0 Å². The maximum Gasteiger partial charge on any atom is 0.0535 e. The van der Waals surface area contributed by atoms with Crippen molar-refractivity contribution in [1.82, 2.24) is 4.57 Å². The Kier molecular flexibility index (Phi) is 4.29. The van der Waals surface area contributed by atoms with E-state index in [1.54, 1.807) is 0 Å². The van der Waals surface area contributed by atoms with Gasteiger partial charge in [0.2, 0.25) is 0 Å². The number of benzene rings is 4. The van der Waals surface area contributed by atoms with Crippen LogP contribution < -0.4 is 0 Å². The Labute approximate surface area is 171 Å². The molecule has 0 saturated carbocycles. The zero-order valence-electron chi connectivity index (χ0n) is 16.8. The van der Waals surface area contributed by atoms with Gasteiger partial charge in [0.1, 0.15) is 0 Å². The van der Waals surface area contributed by atoms with Crippen molar-refractivity contribution in [3.63, 3.8) is 0 Å². The molecular formula is C28H23N. The number of para-hydroxylation sites is 2. The van der Waals surface area contributed by atoms with Crippen LogP contribution in [0.5, 0.6) is 0 Å². The first-order valence-corrected chi connectivity index (χ1v) is 10.0. The summed E-state index contributed by atoms with van der Waals surface area (Å²) in [7, 11) is 0. The standard InChI is InChI=1S/C28H23N/c1-20-11-15-22(16-12-20)26(23-17-13-21(2)14-18-23)19-29-27-9-5-3-7-24(27)25-8-4-6-10-28(25)29/h3-19H,1-2H3. The molecule has 0 N–H and O–H groups in total. The van der Waals surface area contributed by atoms with Gasteiger partial charge in [-0.25, -0.2) is 0 Å². The number of hydrogen-bond acceptors (Lipinski definition) is 0. The predicted molar refractivity (Wildman–Crippen MR) is 125 cm³/mol. The van der Waals surface area contributed by atoms with Crippen LogP contribution in [0.25, 0.3) is 33.6 Å². The van der Waals surface area contributed by atoms with Gasteiger partial charge in [-0.15, -0.1) is 0 Å². The van der Waals surface area contributed by atoms with E-state index >= 15 is 0 Å². The molecule has 140 valence electrons. The molecule has 0 radical (unpaired) electrons. The Morgan fingerprint density at radius 1 is 0.552 bits per heavy atom. The Hall–Kier alpha value is -3.58. The minimum Gasteiger partial charge on any atom is -0.315 e. The summed E-state index contributed by atoms with van der Waals surface area (Å²) in [5, 5.41) is 2.57. The lowest BCUT2D eigenvalue weighted by Gasteiger charge is -2.12. The lowest BCUT2D eigenvalue weighted by molar-refractivity contribution is 1.29. The Morgan fingerprint density at radius 2 is 0.966 bits per heavy atom. The second-order valence-electron chi connectivity index (χ2n) is 7.68. The van der Waals surface area contributed by atoms with Gasteiger partial charge in [-0.2, -0.15) is 0 Å². The largest absolute Gasteiger partial charge is 0.315 e. The zero-order chi connectivity index (χ0) is 19.8. The monoisotopic (exact) mass is 373 g/mol. The minimum absolute atomic E-state index is 1.22. The van der Waals surface area contributed by atoms with Gasteiger partial charge >= 0.3 is 0 Å². The highest BCUT2D eigenvalue weighted by atomic mass is 15.0. The molecule has 5 rings (SSSR count). The Bertz CT molecular complexity index is 1230. The number of aryl methyl sites for hydroxylation is 2. The summed E-state index contributed by atoms with van der Waals surface area (Å²) >= 11 is 0. The number of rotatable bonds is 3. The number of nitrogens with zero attached hydrogens (tertiary/aromatic N) is 1. The maximum absolute atomic E-state index is 2.33. The van der Waals surface area contributed by atoms with Crippen molar-refractivity contribution in [2.24, 2.45) is 0 Å². The van der Waals surface area contributed by atoms with Crippen LogP contribution >= 0.6 is 0 Å². The Morgan fingerprint density at radius 3 is 1.41 bits per heavy atom. The van der Waals surface area contributed by atoms with E-state index in [4.69, 9.17) is 0 Å². The molecule has 1 aromatic heterocycles. The van der Waals surface area contributed by atoms with Crippen LogP contribution in [0.15, 0.2) is 97.1 Å². The van der Waals surface area contributed by atoms with Crippen LogP contribution in [0.4, 0.5) is 0 Å². The fraction of sp³-hybridized carbons (Fsp3) is 0.0714. The summed E-state index contributed by atoms with van der Waals surface area (Å²) in [6, 6.07) is 34.9. The third kappa shape index (κ3) is 3.15. The zero-order valence-corrected chi connectivity index (χ0v) is 16.8. The average Bonchev–Trinajstić information content (AvgIpc) is 3.07. The molecule has 0 spiro atoms. The highest BCUT2D eigenvalue weighted by Gasteiger charge is 2.11. The summed E-state index contributed by atoms with van der Waals surface area (Å²) in [6.07, 6.45) is 2.29. The molecule has 0 aliphatic heterocycles. The van der Waals surface area contributed by atoms with E-state index in [0.717, 1.165) is 0 Å². The fourth-order valence-electron chi connectivity index (χ4n) is 4.00. The lowest BCUT2D eigenvalue weighted by atomic mass is 9.97. The lowest BCUT2D eigenvalue weighted by Crippen LogP contribution is -1.94. The van der Waals surface area contributed by atoms with Crippen LogP contribution in [0, 0.1) is 13.8 Å². The minimum atomic E-state index is 1.22. The van der Waals surface area contributed by atoms with Crippen molar-refractivity contribution in [1.29, 1.82) is 0 Å². The first kappa shape index (κ1) is 17.5. The molecule has 0 fully saturated rings. The Balaban J connectivity index is 1.82. The van der Waals surface area contributed by atoms with Gasteiger partial charge in [0.25, 0.3) is 0 Å². The molecule has 0 saturated heterocycles. The molecule has 0 atom stereocenters. The fourth-order valence-corrected chi connectivity index (χ4v) is 4.00. The summed E-state index contributed by atoms with van der Waals surface area (Å²) in [5.41, 5.74) is 8.66. The van der Waals surface area contributed by atoms with Gasteiger partial charge in [-0.05, 0) is 37.1 Å². The van der Waals surface area contributed by atoms with Crippen LogP contribution in [0.3, 0.4) is 0 Å². The van der Waals surface area contributed by atoms with E-state index in [9.17, 15) is 0 Å². The average molecular weight is 373 g/mol. The van der Waals surface area contributed by atoms with E-state index in [-0.39, 0.29) is 0 Å². The van der Waals surface area contributed by atoms with E-state index in [2.05, 4.69) is 122 Å². The molecule has 29 heavy (non-hydrogen) atoms. The second kappa shape index (κ2) is 7.10. The predicted octanol–water partition coefficient (Wildman–Crippen LogP) is 7.46. The van der Waals surface area contributed by atoms with Crippen molar-refractivity contribution >= 4 is 33.6 Å². The van der Waals surface area contributed by atoms with Gasteiger partial charge in [0.05, 0.1) is 11.0 Å². The van der Waals surface area contributed by atoms with Crippen LogP contribution in [0.1, 0.15) is 22.3 Å². The smallest absolute Gasteiger partial charge is 0.0535 e. The molecule has 0 unspecified atom stereocenters. The topological polar surface area (TPSA) is 4.93 Å². The quantitative estimate of drug-likeness (QED) is 0.309. The SMILES string of the molecule is Cc1ccc(C(=Cn2c3ccccc3c3ccccc32)c2ccc(C)cc2)cc1. The summed E-state index contributed by atoms with van der Waals surface area (Å²) < 4.78 is 2.33. The molecule has 1 nitrogen and oxygen atoms in total. The van der Waals surface area contributed by atoms with Crippen molar-refractivity contribution < 1.29 is 0 Å². The molecule has 0 aliphatic rings. The van der Waals surface area contributed by atoms with E-state index < -0.39 is 0 Å². The van der Waals surface area contributed by atoms with Crippen molar-refractivity contribution in [3.05, 3.63) is 119 Å². The van der Waals surface area contributed by atoms with Gasteiger partial charge in [-0.1, -0.05) is 96.1 Å². The van der Waals surface area contributed by atoms with Gasteiger partial charge in [0, 0.05) is 22.5 Å². The van der Waals surface area contributed by atoms with Gasteiger partial charge in [-0.3, -0.25) is 0 Å². The summed E-state index contributed by atoms with van der Waals surface area (Å²) in [4.78, 5) is 0. The molecule has 0 aliphatic carbocycles. The van der Waals surface area contributed by atoms with Crippen LogP contribution in [-0.4, -0.2) is 4.57 Å². The van der Waals surface area contributed by atoms with E-state index in [0.29, 0.717) is 0 Å². The molecule has 1 heterocycles. The maximum atomic E-state index is 2.33. The highest BCUT2D eigenvalue weighted by Crippen LogP contribution is 2.32. The second-order valence-corrected chi connectivity index (χ2v) is 7.68. The molecular weight excluding hydrogens is 350 g/mol. The first-order chi connectivity index (χ1) is 14.2. The van der Waals surface area contributed by atoms with Crippen molar-refractivity contribution in [2.45, 2.75) is 13.8 Å². The third-order valence-electron chi connectivity index (χ3n) is 5.60. The molecule has 4 aromatic carbocycles. The number of fused-ring (bicyclic) bond motifs is 3. The van der Waals surface area contributed by atoms with Crippen molar-refractivity contribution in [2.75, 3.05) is 0 Å². The van der Waals surface area contributed by atoms with Gasteiger partial charge in [0.15, 0.2) is 0 Å². The number of aromatic nitrogens is 1. The number of hydrogen-bond donors (Lipinski definition) is 0. The summed E-state index contributed by atoms with van der Waals surface area (Å²) in [6.45, 7) is 4.26.